The Hall–Kier alpha value is -2.69. The molecule has 0 aliphatic carbocycles. The monoisotopic (exact) mass is 411 g/mol. The maximum absolute atomic E-state index is 12.2. The zero-order valence-corrected chi connectivity index (χ0v) is 17.4. The Morgan fingerprint density at radius 3 is 2.43 bits per heavy atom. The molecule has 1 amide bonds. The van der Waals surface area contributed by atoms with Gasteiger partial charge in [-0.05, 0) is 43.7 Å². The molecular weight excluding hydrogens is 386 g/mol. The molecule has 0 aliphatic heterocycles. The summed E-state index contributed by atoms with van der Waals surface area (Å²) in [4.78, 5) is 13.2. The number of tetrazole rings is 1. The molecule has 0 aliphatic rings. The van der Waals surface area contributed by atoms with Crippen LogP contribution in [0.25, 0.3) is 0 Å². The summed E-state index contributed by atoms with van der Waals surface area (Å²) in [5.41, 5.74) is 0.220. The molecule has 0 saturated carbocycles. The minimum Gasteiger partial charge on any atom is -0.497 e. The number of ether oxygens (including phenoxy) is 2. The van der Waals surface area contributed by atoms with Gasteiger partial charge in [0, 0.05) is 12.7 Å². The first-order chi connectivity index (χ1) is 12.9. The van der Waals surface area contributed by atoms with E-state index in [2.05, 4.69) is 20.7 Å². The zero-order valence-electron chi connectivity index (χ0n) is 16.5. The number of alkyl carbamates (subject to hydrolysis) is 1. The van der Waals surface area contributed by atoms with E-state index in [1.807, 2.05) is 12.1 Å². The number of amides is 1. The lowest BCUT2D eigenvalue weighted by Crippen LogP contribution is -2.36. The van der Waals surface area contributed by atoms with E-state index in [0.29, 0.717) is 12.2 Å². The van der Waals surface area contributed by atoms with Crippen LogP contribution >= 0.6 is 0 Å². The van der Waals surface area contributed by atoms with Crippen molar-refractivity contribution < 1.29 is 22.7 Å². The van der Waals surface area contributed by atoms with Crippen LogP contribution in [-0.2, 0) is 26.9 Å². The van der Waals surface area contributed by atoms with Crippen LogP contribution < -0.4 is 10.1 Å². The number of methoxy groups -OCH3 is 1. The topological polar surface area (TPSA) is 125 Å². The van der Waals surface area contributed by atoms with Crippen molar-refractivity contribution in [3.8, 4) is 5.75 Å². The number of rotatable bonds is 7. The predicted octanol–water partition coefficient (Wildman–Crippen LogP) is 1.49. The molecule has 0 spiro atoms. The van der Waals surface area contributed by atoms with Gasteiger partial charge in [0.1, 0.15) is 17.4 Å². The van der Waals surface area contributed by atoms with Gasteiger partial charge in [0.05, 0.1) is 7.11 Å². The second-order valence-electron chi connectivity index (χ2n) is 7.33. The number of carbonyl (C=O) groups is 1. The molecule has 2 rings (SSSR count). The zero-order chi connectivity index (χ0) is 20.9. The summed E-state index contributed by atoms with van der Waals surface area (Å²) in [6.45, 7) is 5.27. The molecule has 1 N–H and O–H groups in total. The van der Waals surface area contributed by atoms with Crippen molar-refractivity contribution in [2.75, 3.05) is 13.4 Å². The summed E-state index contributed by atoms with van der Waals surface area (Å²) in [5.74, 6) is 0.491. The van der Waals surface area contributed by atoms with E-state index in [1.54, 1.807) is 40.0 Å². The van der Waals surface area contributed by atoms with Gasteiger partial charge >= 0.3 is 6.09 Å². The maximum atomic E-state index is 12.2. The Bertz CT molecular complexity index is 903. The summed E-state index contributed by atoms with van der Waals surface area (Å²) in [6, 6.07) is 6.64. The van der Waals surface area contributed by atoms with Crippen molar-refractivity contribution in [1.29, 1.82) is 0 Å². The molecule has 1 aromatic heterocycles. The molecule has 0 radical (unpaired) electrons. The van der Waals surface area contributed by atoms with E-state index in [4.69, 9.17) is 9.47 Å². The average molecular weight is 411 g/mol. The van der Waals surface area contributed by atoms with Crippen LogP contribution in [0.1, 0.15) is 38.2 Å². The molecule has 2 aromatic rings. The molecule has 154 valence electrons. The number of nitrogens with zero attached hydrogens (tertiary/aromatic N) is 4. The lowest BCUT2D eigenvalue weighted by molar-refractivity contribution is 0.0501. The van der Waals surface area contributed by atoms with Crippen molar-refractivity contribution in [2.24, 2.45) is 0 Å². The molecule has 28 heavy (non-hydrogen) atoms. The number of aromatic nitrogens is 4. The van der Waals surface area contributed by atoms with Crippen molar-refractivity contribution in [3.63, 3.8) is 0 Å². The van der Waals surface area contributed by atoms with Crippen molar-refractivity contribution >= 4 is 15.9 Å². The maximum Gasteiger partial charge on any atom is 0.408 e. The van der Waals surface area contributed by atoms with E-state index in [1.165, 1.54) is 0 Å². The molecule has 0 saturated heterocycles. The second kappa shape index (κ2) is 8.55. The highest BCUT2D eigenvalue weighted by atomic mass is 32.2. The van der Waals surface area contributed by atoms with Crippen molar-refractivity contribution in [3.05, 3.63) is 35.7 Å². The fraction of sp³-hybridized carbons (Fsp3) is 0.529. The lowest BCUT2D eigenvalue weighted by Gasteiger charge is -2.22. The average Bonchev–Trinajstić information content (AvgIpc) is 2.99. The molecule has 11 heteroatoms. The molecule has 10 nitrogen and oxygen atoms in total. The third-order valence-electron chi connectivity index (χ3n) is 3.42. The number of carbonyl (C=O) groups excluding carboxylic acids is 1. The smallest absolute Gasteiger partial charge is 0.408 e. The quantitative estimate of drug-likeness (QED) is 0.726. The highest BCUT2D eigenvalue weighted by Gasteiger charge is 2.24. The Balaban J connectivity index is 2.23. The van der Waals surface area contributed by atoms with Gasteiger partial charge in [0.2, 0.25) is 0 Å². The Labute approximate surface area is 164 Å². The van der Waals surface area contributed by atoms with E-state index in [9.17, 15) is 13.2 Å². The largest absolute Gasteiger partial charge is 0.497 e. The minimum atomic E-state index is -3.33. The lowest BCUT2D eigenvalue weighted by atomic mass is 10.1. The second-order valence-corrected chi connectivity index (χ2v) is 9.44. The van der Waals surface area contributed by atoms with Crippen LogP contribution in [0.2, 0.25) is 0 Å². The summed E-state index contributed by atoms with van der Waals surface area (Å²) in [6.07, 6.45) is 0.794. The van der Waals surface area contributed by atoms with E-state index in [-0.39, 0.29) is 5.82 Å². The van der Waals surface area contributed by atoms with Crippen LogP contribution in [-0.4, -0.2) is 53.7 Å². The number of hydrogen-bond donors (Lipinski definition) is 1. The summed E-state index contributed by atoms with van der Waals surface area (Å²) in [7, 11) is -1.76. The van der Waals surface area contributed by atoms with E-state index >= 15 is 0 Å². The Kier molecular flexibility index (Phi) is 6.60. The Morgan fingerprint density at radius 2 is 1.89 bits per heavy atom. The molecular formula is C17H25N5O5S. The van der Waals surface area contributed by atoms with Gasteiger partial charge in [-0.3, -0.25) is 0 Å². The summed E-state index contributed by atoms with van der Waals surface area (Å²) < 4.78 is 33.3. The summed E-state index contributed by atoms with van der Waals surface area (Å²) in [5, 5.41) is 14.5. The first kappa shape index (κ1) is 21.6. The third-order valence-corrected chi connectivity index (χ3v) is 4.12. The Morgan fingerprint density at radius 1 is 1.25 bits per heavy atom. The predicted molar refractivity (Wildman–Crippen MR) is 101 cm³/mol. The number of benzene rings is 1. The SMILES string of the molecule is COc1ccc(C[C@H](NC(=O)OC(C)(C)C)c2nnn(CS(C)(=O)=O)n2)cc1. The van der Waals surface area contributed by atoms with E-state index < -0.39 is 33.5 Å². The fourth-order valence-electron chi connectivity index (χ4n) is 2.31. The van der Waals surface area contributed by atoms with Gasteiger partial charge in [-0.15, -0.1) is 15.0 Å². The van der Waals surface area contributed by atoms with Gasteiger partial charge in [0.15, 0.2) is 21.5 Å². The molecule has 1 atom stereocenters. The van der Waals surface area contributed by atoms with Gasteiger partial charge < -0.3 is 14.8 Å². The fourth-order valence-corrected chi connectivity index (χ4v) is 2.84. The van der Waals surface area contributed by atoms with Gasteiger partial charge in [-0.1, -0.05) is 12.1 Å². The van der Waals surface area contributed by atoms with Crippen molar-refractivity contribution in [1.82, 2.24) is 25.5 Å². The van der Waals surface area contributed by atoms with Crippen LogP contribution in [0.3, 0.4) is 0 Å². The van der Waals surface area contributed by atoms with Crippen LogP contribution in [0.5, 0.6) is 5.75 Å². The van der Waals surface area contributed by atoms with Gasteiger partial charge in [-0.2, -0.15) is 0 Å². The minimum absolute atomic E-state index is 0.185. The normalized spacial score (nSPS) is 13.0. The number of sulfone groups is 1. The molecule has 1 heterocycles. The number of nitrogens with one attached hydrogen (secondary N) is 1. The van der Waals surface area contributed by atoms with Crippen LogP contribution in [0.15, 0.2) is 24.3 Å². The standard InChI is InChI=1S/C17H25N5O5S/c1-17(2,3)27-16(23)18-14(10-12-6-8-13(26-4)9-7-12)15-19-21-22(20-15)11-28(5,24)25/h6-9,14H,10-11H2,1-5H3,(H,18,23)/t14-/m0/s1. The van der Waals surface area contributed by atoms with Crippen molar-refractivity contribution in [2.45, 2.75) is 44.7 Å². The highest BCUT2D eigenvalue weighted by molar-refractivity contribution is 7.89. The molecule has 0 fully saturated rings. The number of hydrogen-bond acceptors (Lipinski definition) is 8. The first-order valence-corrected chi connectivity index (χ1v) is 10.6. The first-order valence-electron chi connectivity index (χ1n) is 8.53. The molecule has 0 unspecified atom stereocenters. The highest BCUT2D eigenvalue weighted by Crippen LogP contribution is 2.19. The third kappa shape index (κ3) is 7.14. The van der Waals surface area contributed by atoms with Crippen LogP contribution in [0, 0.1) is 0 Å². The van der Waals surface area contributed by atoms with Gasteiger partial charge in [-0.25, -0.2) is 13.2 Å². The molecule has 0 bridgehead atoms. The molecule has 1 aromatic carbocycles. The van der Waals surface area contributed by atoms with Gasteiger partial charge in [0.25, 0.3) is 0 Å². The van der Waals surface area contributed by atoms with Crippen LogP contribution in [0.4, 0.5) is 4.79 Å². The summed E-state index contributed by atoms with van der Waals surface area (Å²) >= 11 is 0. The van der Waals surface area contributed by atoms with E-state index in [0.717, 1.165) is 16.6 Å².